The molecule has 0 radical (unpaired) electrons. The van der Waals surface area contributed by atoms with Gasteiger partial charge in [0.2, 0.25) is 5.79 Å². The van der Waals surface area contributed by atoms with Crippen molar-refractivity contribution in [2.45, 2.75) is 68.7 Å². The standard InChI is InChI=1S/C18H26O3S/c1-15-6-8-16(9-7-15)22-14-17(2)19-13-12-18(21-20-17)10-4-3-5-11-18/h6-9H,3-5,10-14H2,1-2H3. The van der Waals surface area contributed by atoms with Crippen molar-refractivity contribution in [1.82, 2.24) is 0 Å². The molecular weight excluding hydrogens is 296 g/mol. The van der Waals surface area contributed by atoms with Crippen molar-refractivity contribution in [3.8, 4) is 0 Å². The maximum absolute atomic E-state index is 6.00. The molecule has 1 saturated carbocycles. The van der Waals surface area contributed by atoms with E-state index in [2.05, 4.69) is 31.2 Å². The molecule has 1 saturated heterocycles. The Morgan fingerprint density at radius 2 is 1.73 bits per heavy atom. The fourth-order valence-corrected chi connectivity index (χ4v) is 4.03. The van der Waals surface area contributed by atoms with Crippen LogP contribution in [0, 0.1) is 6.92 Å². The first-order chi connectivity index (χ1) is 10.6. The molecule has 1 atom stereocenters. The first-order valence-electron chi connectivity index (χ1n) is 8.30. The van der Waals surface area contributed by atoms with Crippen LogP contribution in [-0.2, 0) is 14.5 Å². The summed E-state index contributed by atoms with van der Waals surface area (Å²) in [4.78, 5) is 12.9. The van der Waals surface area contributed by atoms with E-state index in [1.54, 1.807) is 11.8 Å². The Hall–Kier alpha value is -0.550. The minimum atomic E-state index is -0.670. The highest BCUT2D eigenvalue weighted by Gasteiger charge is 2.41. The Kier molecular flexibility index (Phi) is 5.13. The van der Waals surface area contributed by atoms with Crippen LogP contribution in [0.3, 0.4) is 0 Å². The molecule has 1 aromatic carbocycles. The highest BCUT2D eigenvalue weighted by molar-refractivity contribution is 7.99. The number of hydrogen-bond donors (Lipinski definition) is 0. The lowest BCUT2D eigenvalue weighted by molar-refractivity contribution is -0.440. The zero-order chi connectivity index (χ0) is 15.5. The van der Waals surface area contributed by atoms with E-state index < -0.39 is 5.79 Å². The van der Waals surface area contributed by atoms with E-state index in [9.17, 15) is 0 Å². The zero-order valence-corrected chi connectivity index (χ0v) is 14.4. The van der Waals surface area contributed by atoms with Crippen LogP contribution in [-0.4, -0.2) is 23.7 Å². The highest BCUT2D eigenvalue weighted by atomic mass is 32.2. The SMILES string of the molecule is Cc1ccc(SCC2(C)OCCC3(CCCCC3)OO2)cc1. The fraction of sp³-hybridized carbons (Fsp3) is 0.667. The quantitative estimate of drug-likeness (QED) is 0.586. The molecule has 1 aromatic rings. The summed E-state index contributed by atoms with van der Waals surface area (Å²) in [6.07, 6.45) is 6.91. The Labute approximate surface area is 137 Å². The van der Waals surface area contributed by atoms with E-state index in [-0.39, 0.29) is 5.60 Å². The Balaban J connectivity index is 1.57. The predicted octanol–water partition coefficient (Wildman–Crippen LogP) is 4.87. The molecule has 1 aliphatic heterocycles. The summed E-state index contributed by atoms with van der Waals surface area (Å²) in [6.45, 7) is 4.80. The number of ether oxygens (including phenoxy) is 1. The molecule has 1 aliphatic carbocycles. The summed E-state index contributed by atoms with van der Waals surface area (Å²) in [7, 11) is 0. The summed E-state index contributed by atoms with van der Waals surface area (Å²) in [5, 5.41) is 0. The molecule has 1 unspecified atom stereocenters. The lowest BCUT2D eigenvalue weighted by Crippen LogP contribution is -2.38. The van der Waals surface area contributed by atoms with Crippen molar-refractivity contribution in [3.63, 3.8) is 0 Å². The third-order valence-electron chi connectivity index (χ3n) is 4.65. The molecule has 2 fully saturated rings. The van der Waals surface area contributed by atoms with E-state index in [1.807, 2.05) is 6.92 Å². The molecular formula is C18H26O3S. The largest absolute Gasteiger partial charge is 0.347 e. The number of benzene rings is 1. The molecule has 2 aliphatic rings. The maximum atomic E-state index is 6.00. The fourth-order valence-electron chi connectivity index (χ4n) is 3.14. The van der Waals surface area contributed by atoms with Crippen LogP contribution >= 0.6 is 11.8 Å². The van der Waals surface area contributed by atoms with Gasteiger partial charge in [0.05, 0.1) is 12.4 Å². The van der Waals surface area contributed by atoms with Gasteiger partial charge in [-0.2, -0.15) is 4.89 Å². The van der Waals surface area contributed by atoms with Crippen molar-refractivity contribution in [1.29, 1.82) is 0 Å². The summed E-state index contributed by atoms with van der Waals surface area (Å²) in [5.74, 6) is 0.0582. The van der Waals surface area contributed by atoms with Crippen molar-refractivity contribution in [3.05, 3.63) is 29.8 Å². The number of hydrogen-bond acceptors (Lipinski definition) is 4. The first-order valence-corrected chi connectivity index (χ1v) is 9.28. The van der Waals surface area contributed by atoms with Gasteiger partial charge in [-0.25, -0.2) is 4.89 Å². The molecule has 0 amide bonds. The summed E-state index contributed by atoms with van der Waals surface area (Å²) < 4.78 is 6.00. The van der Waals surface area contributed by atoms with E-state index >= 15 is 0 Å². The summed E-state index contributed by atoms with van der Waals surface area (Å²) in [6, 6.07) is 8.55. The second-order valence-corrected chi connectivity index (χ2v) is 7.79. The second kappa shape index (κ2) is 6.91. The Bertz CT molecular complexity index is 482. The molecule has 122 valence electrons. The van der Waals surface area contributed by atoms with Crippen LogP contribution in [0.25, 0.3) is 0 Å². The van der Waals surface area contributed by atoms with E-state index in [0.717, 1.165) is 25.0 Å². The maximum Gasteiger partial charge on any atom is 0.208 e. The third-order valence-corrected chi connectivity index (χ3v) is 5.92. The van der Waals surface area contributed by atoms with Crippen LogP contribution in [0.15, 0.2) is 29.2 Å². The molecule has 1 heterocycles. The average molecular weight is 322 g/mol. The molecule has 0 aromatic heterocycles. The Morgan fingerprint density at radius 3 is 2.45 bits per heavy atom. The van der Waals surface area contributed by atoms with Gasteiger partial charge in [-0.15, -0.1) is 11.8 Å². The van der Waals surface area contributed by atoms with Gasteiger partial charge < -0.3 is 4.74 Å². The summed E-state index contributed by atoms with van der Waals surface area (Å²) >= 11 is 1.75. The van der Waals surface area contributed by atoms with Crippen LogP contribution in [0.1, 0.15) is 51.0 Å². The van der Waals surface area contributed by atoms with Gasteiger partial charge in [0.25, 0.3) is 0 Å². The smallest absolute Gasteiger partial charge is 0.208 e. The number of rotatable bonds is 3. The van der Waals surface area contributed by atoms with Gasteiger partial charge in [-0.3, -0.25) is 0 Å². The third kappa shape index (κ3) is 4.05. The normalized spacial score (nSPS) is 28.5. The minimum Gasteiger partial charge on any atom is -0.347 e. The van der Waals surface area contributed by atoms with E-state index in [4.69, 9.17) is 14.5 Å². The van der Waals surface area contributed by atoms with Crippen molar-refractivity contribution >= 4 is 11.8 Å². The van der Waals surface area contributed by atoms with Crippen LogP contribution in [0.4, 0.5) is 0 Å². The lowest BCUT2D eigenvalue weighted by atomic mass is 9.83. The van der Waals surface area contributed by atoms with Gasteiger partial charge in [0.15, 0.2) is 0 Å². The molecule has 3 rings (SSSR count). The molecule has 3 nitrogen and oxygen atoms in total. The van der Waals surface area contributed by atoms with Crippen molar-refractivity contribution < 1.29 is 14.5 Å². The summed E-state index contributed by atoms with van der Waals surface area (Å²) in [5.41, 5.74) is 1.17. The van der Waals surface area contributed by atoms with Crippen molar-refractivity contribution in [2.75, 3.05) is 12.4 Å². The van der Waals surface area contributed by atoms with Crippen LogP contribution in [0.5, 0.6) is 0 Å². The molecule has 0 N–H and O–H groups in total. The first kappa shape index (κ1) is 16.3. The number of thioether (sulfide) groups is 1. The predicted molar refractivity (Wildman–Crippen MR) is 88.9 cm³/mol. The van der Waals surface area contributed by atoms with Gasteiger partial charge in [-0.1, -0.05) is 37.0 Å². The van der Waals surface area contributed by atoms with Crippen LogP contribution < -0.4 is 0 Å². The molecule has 0 bridgehead atoms. The van der Waals surface area contributed by atoms with Gasteiger partial charge >= 0.3 is 0 Å². The molecule has 4 heteroatoms. The second-order valence-electron chi connectivity index (χ2n) is 6.74. The van der Waals surface area contributed by atoms with Crippen molar-refractivity contribution in [2.24, 2.45) is 0 Å². The number of aryl methyl sites for hydroxylation is 1. The van der Waals surface area contributed by atoms with Gasteiger partial charge in [0, 0.05) is 11.3 Å². The van der Waals surface area contributed by atoms with Crippen LogP contribution in [0.2, 0.25) is 0 Å². The molecule has 22 heavy (non-hydrogen) atoms. The average Bonchev–Trinajstić information content (AvgIpc) is 2.68. The van der Waals surface area contributed by atoms with E-state index in [1.165, 1.54) is 29.7 Å². The van der Waals surface area contributed by atoms with E-state index in [0.29, 0.717) is 6.61 Å². The zero-order valence-electron chi connectivity index (χ0n) is 13.6. The van der Waals surface area contributed by atoms with Gasteiger partial charge in [-0.05, 0) is 38.8 Å². The monoisotopic (exact) mass is 322 g/mol. The lowest BCUT2D eigenvalue weighted by Gasteiger charge is -2.34. The highest BCUT2D eigenvalue weighted by Crippen LogP contribution is 2.39. The minimum absolute atomic E-state index is 0.107. The topological polar surface area (TPSA) is 27.7 Å². The van der Waals surface area contributed by atoms with Gasteiger partial charge in [0.1, 0.15) is 5.60 Å². The molecule has 1 spiro atoms. The Morgan fingerprint density at radius 1 is 1.00 bits per heavy atom.